The predicted molar refractivity (Wildman–Crippen MR) is 99.6 cm³/mol. The second-order valence-corrected chi connectivity index (χ2v) is 5.92. The van der Waals surface area contributed by atoms with E-state index in [1.165, 1.54) is 0 Å². The van der Waals surface area contributed by atoms with Crippen LogP contribution in [0.25, 0.3) is 0 Å². The van der Waals surface area contributed by atoms with Crippen molar-refractivity contribution in [1.82, 2.24) is 5.32 Å². The van der Waals surface area contributed by atoms with Gasteiger partial charge < -0.3 is 10.1 Å². The first-order chi connectivity index (χ1) is 12.2. The third-order valence-electron chi connectivity index (χ3n) is 4.01. The molecule has 0 aliphatic carbocycles. The van der Waals surface area contributed by atoms with Gasteiger partial charge in [-0.1, -0.05) is 60.7 Å². The molecule has 1 N–H and O–H groups in total. The van der Waals surface area contributed by atoms with Crippen LogP contribution in [0.2, 0.25) is 0 Å². The van der Waals surface area contributed by atoms with Crippen molar-refractivity contribution in [2.75, 3.05) is 0 Å². The maximum absolute atomic E-state index is 12.2. The molecule has 3 rings (SSSR count). The van der Waals surface area contributed by atoms with E-state index in [-0.39, 0.29) is 5.91 Å². The molecule has 0 aromatic heterocycles. The van der Waals surface area contributed by atoms with E-state index >= 15 is 0 Å². The van der Waals surface area contributed by atoms with Crippen molar-refractivity contribution in [3.05, 3.63) is 101 Å². The summed E-state index contributed by atoms with van der Waals surface area (Å²) in [5.74, 6) is 0.764. The lowest BCUT2D eigenvalue weighted by Gasteiger charge is -2.09. The summed E-state index contributed by atoms with van der Waals surface area (Å²) in [5.41, 5.74) is 3.86. The molecule has 0 bridgehead atoms. The standard InChI is InChI=1S/C22H21NO2/c1-17-7-5-6-10-21(17)22(24)23-15-18-11-13-20(14-12-18)25-16-19-8-3-2-4-9-19/h2-14H,15-16H2,1H3,(H,23,24). The molecule has 0 saturated heterocycles. The van der Waals surface area contributed by atoms with E-state index in [4.69, 9.17) is 4.74 Å². The number of hydrogen-bond donors (Lipinski definition) is 1. The van der Waals surface area contributed by atoms with Crippen LogP contribution in [0.1, 0.15) is 27.0 Å². The van der Waals surface area contributed by atoms with Gasteiger partial charge in [-0.15, -0.1) is 0 Å². The number of rotatable bonds is 6. The largest absolute Gasteiger partial charge is 0.489 e. The zero-order valence-corrected chi connectivity index (χ0v) is 14.2. The summed E-state index contributed by atoms with van der Waals surface area (Å²) < 4.78 is 5.77. The van der Waals surface area contributed by atoms with Gasteiger partial charge in [0.05, 0.1) is 0 Å². The number of aryl methyl sites for hydroxylation is 1. The van der Waals surface area contributed by atoms with Crippen LogP contribution in [-0.4, -0.2) is 5.91 Å². The Morgan fingerprint density at radius 2 is 1.52 bits per heavy atom. The first-order valence-electron chi connectivity index (χ1n) is 8.32. The highest BCUT2D eigenvalue weighted by atomic mass is 16.5. The minimum Gasteiger partial charge on any atom is -0.489 e. The summed E-state index contributed by atoms with van der Waals surface area (Å²) in [4.78, 5) is 12.2. The van der Waals surface area contributed by atoms with E-state index in [2.05, 4.69) is 5.32 Å². The molecule has 3 aromatic carbocycles. The van der Waals surface area contributed by atoms with Gasteiger partial charge in [0.15, 0.2) is 0 Å². The normalized spacial score (nSPS) is 10.3. The summed E-state index contributed by atoms with van der Waals surface area (Å²) in [5, 5.41) is 2.95. The van der Waals surface area contributed by atoms with Gasteiger partial charge in [-0.05, 0) is 41.8 Å². The number of amides is 1. The average Bonchev–Trinajstić information content (AvgIpc) is 2.66. The lowest BCUT2D eigenvalue weighted by atomic mass is 10.1. The third-order valence-corrected chi connectivity index (χ3v) is 4.01. The van der Waals surface area contributed by atoms with Crippen molar-refractivity contribution in [2.24, 2.45) is 0 Å². The Kier molecular flexibility index (Phi) is 5.47. The summed E-state index contributed by atoms with van der Waals surface area (Å²) >= 11 is 0. The van der Waals surface area contributed by atoms with Crippen molar-refractivity contribution in [1.29, 1.82) is 0 Å². The molecule has 0 aliphatic rings. The molecule has 1 amide bonds. The van der Waals surface area contributed by atoms with Crippen LogP contribution in [0.15, 0.2) is 78.9 Å². The monoisotopic (exact) mass is 331 g/mol. The van der Waals surface area contributed by atoms with E-state index in [9.17, 15) is 4.79 Å². The molecular weight excluding hydrogens is 310 g/mol. The molecule has 3 heteroatoms. The Balaban J connectivity index is 1.52. The van der Waals surface area contributed by atoms with Crippen molar-refractivity contribution < 1.29 is 9.53 Å². The smallest absolute Gasteiger partial charge is 0.251 e. The lowest BCUT2D eigenvalue weighted by Crippen LogP contribution is -2.23. The number of nitrogens with one attached hydrogen (secondary N) is 1. The molecule has 0 radical (unpaired) electrons. The van der Waals surface area contributed by atoms with E-state index < -0.39 is 0 Å². The first kappa shape index (κ1) is 16.8. The third kappa shape index (κ3) is 4.70. The van der Waals surface area contributed by atoms with Crippen LogP contribution in [0.5, 0.6) is 5.75 Å². The van der Waals surface area contributed by atoms with Gasteiger partial charge in [-0.3, -0.25) is 4.79 Å². The molecule has 126 valence electrons. The van der Waals surface area contributed by atoms with Crippen LogP contribution < -0.4 is 10.1 Å². The molecule has 0 fully saturated rings. The van der Waals surface area contributed by atoms with Crippen LogP contribution >= 0.6 is 0 Å². The molecule has 0 atom stereocenters. The summed E-state index contributed by atoms with van der Waals surface area (Å²) in [6.45, 7) is 2.98. The molecule has 0 saturated carbocycles. The van der Waals surface area contributed by atoms with E-state index in [0.717, 1.165) is 22.4 Å². The summed E-state index contributed by atoms with van der Waals surface area (Å²) in [7, 11) is 0. The second kappa shape index (κ2) is 8.15. The fourth-order valence-electron chi connectivity index (χ4n) is 2.55. The van der Waals surface area contributed by atoms with Crippen molar-refractivity contribution >= 4 is 5.91 Å². The summed E-state index contributed by atoms with van der Waals surface area (Å²) in [6.07, 6.45) is 0. The highest BCUT2D eigenvalue weighted by molar-refractivity contribution is 5.95. The molecule has 0 spiro atoms. The number of benzene rings is 3. The fraction of sp³-hybridized carbons (Fsp3) is 0.136. The minimum atomic E-state index is -0.0532. The SMILES string of the molecule is Cc1ccccc1C(=O)NCc1ccc(OCc2ccccc2)cc1. The zero-order chi connectivity index (χ0) is 17.5. The van der Waals surface area contributed by atoms with Crippen LogP contribution in [0.3, 0.4) is 0 Å². The summed E-state index contributed by atoms with van der Waals surface area (Å²) in [6, 6.07) is 25.4. The first-order valence-corrected chi connectivity index (χ1v) is 8.32. The maximum Gasteiger partial charge on any atom is 0.251 e. The Hall–Kier alpha value is -3.07. The molecule has 0 unspecified atom stereocenters. The molecule has 0 aliphatic heterocycles. The Morgan fingerprint density at radius 3 is 2.24 bits per heavy atom. The Morgan fingerprint density at radius 1 is 0.840 bits per heavy atom. The molecule has 0 heterocycles. The quantitative estimate of drug-likeness (QED) is 0.722. The second-order valence-electron chi connectivity index (χ2n) is 5.92. The van der Waals surface area contributed by atoms with Crippen molar-refractivity contribution in [3.63, 3.8) is 0 Å². The van der Waals surface area contributed by atoms with Gasteiger partial charge in [-0.2, -0.15) is 0 Å². The predicted octanol–water partition coefficient (Wildman–Crippen LogP) is 4.50. The number of carbonyl (C=O) groups excluding carboxylic acids is 1. The highest BCUT2D eigenvalue weighted by Gasteiger charge is 2.07. The molecule has 3 aromatic rings. The van der Waals surface area contributed by atoms with Gasteiger partial charge >= 0.3 is 0 Å². The van der Waals surface area contributed by atoms with E-state index in [1.54, 1.807) is 0 Å². The average molecular weight is 331 g/mol. The van der Waals surface area contributed by atoms with Crippen molar-refractivity contribution in [3.8, 4) is 5.75 Å². The number of hydrogen-bond acceptors (Lipinski definition) is 2. The van der Waals surface area contributed by atoms with Crippen LogP contribution in [-0.2, 0) is 13.2 Å². The molecular formula is C22H21NO2. The van der Waals surface area contributed by atoms with E-state index in [1.807, 2.05) is 85.8 Å². The van der Waals surface area contributed by atoms with Crippen LogP contribution in [0.4, 0.5) is 0 Å². The lowest BCUT2D eigenvalue weighted by molar-refractivity contribution is 0.0950. The maximum atomic E-state index is 12.2. The van der Waals surface area contributed by atoms with Gasteiger partial charge in [0.1, 0.15) is 12.4 Å². The van der Waals surface area contributed by atoms with Gasteiger partial charge in [0.25, 0.3) is 5.91 Å². The molecule has 3 nitrogen and oxygen atoms in total. The number of carbonyl (C=O) groups is 1. The van der Waals surface area contributed by atoms with Crippen molar-refractivity contribution in [2.45, 2.75) is 20.1 Å². The topological polar surface area (TPSA) is 38.3 Å². The van der Waals surface area contributed by atoms with Gasteiger partial charge in [0, 0.05) is 12.1 Å². The van der Waals surface area contributed by atoms with Gasteiger partial charge in [0.2, 0.25) is 0 Å². The fourth-order valence-corrected chi connectivity index (χ4v) is 2.55. The Labute approximate surface area is 148 Å². The van der Waals surface area contributed by atoms with E-state index in [0.29, 0.717) is 18.7 Å². The minimum absolute atomic E-state index is 0.0532. The Bertz CT molecular complexity index is 826. The van der Waals surface area contributed by atoms with Gasteiger partial charge in [-0.25, -0.2) is 0 Å². The zero-order valence-electron chi connectivity index (χ0n) is 14.2. The van der Waals surface area contributed by atoms with Crippen LogP contribution in [0, 0.1) is 6.92 Å². The highest BCUT2D eigenvalue weighted by Crippen LogP contribution is 2.14. The molecule has 25 heavy (non-hydrogen) atoms. The number of ether oxygens (including phenoxy) is 1.